The minimum Gasteiger partial charge on any atom is -0.377 e. The van der Waals surface area contributed by atoms with E-state index in [4.69, 9.17) is 4.74 Å². The maximum Gasteiger partial charge on any atom is 0.262 e. The Balaban J connectivity index is 2.25. The van der Waals surface area contributed by atoms with E-state index in [1.54, 1.807) is 0 Å². The first-order valence-corrected chi connectivity index (χ1v) is 6.01. The Kier molecular flexibility index (Phi) is 3.22. The minimum atomic E-state index is -0.796. The smallest absolute Gasteiger partial charge is 0.262 e. The van der Waals surface area contributed by atoms with E-state index in [-0.39, 0.29) is 23.3 Å². The van der Waals surface area contributed by atoms with Crippen molar-refractivity contribution in [1.29, 1.82) is 0 Å². The van der Waals surface area contributed by atoms with Gasteiger partial charge >= 0.3 is 0 Å². The zero-order valence-electron chi connectivity index (χ0n) is 10.9. The second-order valence-corrected chi connectivity index (χ2v) is 4.34. The van der Waals surface area contributed by atoms with Crippen LogP contribution in [0.2, 0.25) is 0 Å². The van der Waals surface area contributed by atoms with E-state index in [1.165, 1.54) is 19.4 Å². The topological polar surface area (TPSA) is 72.8 Å². The predicted molar refractivity (Wildman–Crippen MR) is 70.1 cm³/mol. The zero-order chi connectivity index (χ0) is 15.0. The van der Waals surface area contributed by atoms with E-state index in [2.05, 4.69) is 15.1 Å². The van der Waals surface area contributed by atoms with Crippen molar-refractivity contribution in [3.8, 4) is 5.69 Å². The van der Waals surface area contributed by atoms with Gasteiger partial charge < -0.3 is 9.72 Å². The molecule has 3 rings (SSSR count). The van der Waals surface area contributed by atoms with Crippen LogP contribution in [0.1, 0.15) is 5.82 Å². The lowest BCUT2D eigenvalue weighted by Gasteiger charge is -2.05. The maximum absolute atomic E-state index is 13.9. The molecule has 0 aliphatic carbocycles. The van der Waals surface area contributed by atoms with Crippen LogP contribution < -0.4 is 5.56 Å². The predicted octanol–water partition coefficient (Wildman–Crippen LogP) is 1.53. The Morgan fingerprint density at radius 2 is 2.19 bits per heavy atom. The number of H-pyrrole nitrogens is 1. The molecule has 8 heteroatoms. The Labute approximate surface area is 117 Å². The highest BCUT2D eigenvalue weighted by molar-refractivity contribution is 5.75. The summed E-state index contributed by atoms with van der Waals surface area (Å²) in [5.41, 5.74) is -0.218. The lowest BCUT2D eigenvalue weighted by Crippen LogP contribution is -2.13. The van der Waals surface area contributed by atoms with Gasteiger partial charge in [0.25, 0.3) is 5.56 Å². The van der Waals surface area contributed by atoms with Crippen LogP contribution in [0, 0.1) is 11.6 Å². The van der Waals surface area contributed by atoms with E-state index in [0.717, 1.165) is 16.8 Å². The van der Waals surface area contributed by atoms with Gasteiger partial charge in [-0.1, -0.05) is 0 Å². The molecule has 1 aromatic carbocycles. The second-order valence-electron chi connectivity index (χ2n) is 4.34. The van der Waals surface area contributed by atoms with E-state index in [0.29, 0.717) is 5.82 Å². The molecule has 0 saturated heterocycles. The number of rotatable bonds is 3. The number of halogens is 2. The third-order valence-electron chi connectivity index (χ3n) is 2.91. The molecule has 21 heavy (non-hydrogen) atoms. The standard InChI is InChI=1S/C13H10F2N4O2/c1-21-6-11-17-12-8(13(20)18-11)5-16-19(12)10-3-2-7(14)4-9(10)15/h2-5H,6H2,1H3,(H,17,18,20). The summed E-state index contributed by atoms with van der Waals surface area (Å²) >= 11 is 0. The SMILES string of the molecule is COCc1nc2c(cnn2-c2ccc(F)cc2F)c(=O)[nH]1. The van der Waals surface area contributed by atoms with Gasteiger partial charge in [0.05, 0.1) is 6.20 Å². The van der Waals surface area contributed by atoms with Crippen molar-refractivity contribution in [1.82, 2.24) is 19.7 Å². The highest BCUT2D eigenvalue weighted by Gasteiger charge is 2.14. The van der Waals surface area contributed by atoms with Crippen molar-refractivity contribution in [3.63, 3.8) is 0 Å². The van der Waals surface area contributed by atoms with Crippen LogP contribution in [-0.2, 0) is 11.3 Å². The summed E-state index contributed by atoms with van der Waals surface area (Å²) in [5.74, 6) is -1.20. The molecule has 0 amide bonds. The van der Waals surface area contributed by atoms with Gasteiger partial charge in [-0.2, -0.15) is 5.10 Å². The van der Waals surface area contributed by atoms with Gasteiger partial charge in [-0.3, -0.25) is 4.79 Å². The molecule has 2 aromatic heterocycles. The largest absolute Gasteiger partial charge is 0.377 e. The molecule has 0 aliphatic heterocycles. The van der Waals surface area contributed by atoms with Crippen LogP contribution in [0.4, 0.5) is 8.78 Å². The number of aromatic nitrogens is 4. The second kappa shape index (κ2) is 5.06. The fourth-order valence-corrected chi connectivity index (χ4v) is 2.00. The number of nitrogens with zero attached hydrogens (tertiary/aromatic N) is 3. The number of hydrogen-bond acceptors (Lipinski definition) is 4. The molecular weight excluding hydrogens is 282 g/mol. The molecule has 3 aromatic rings. The molecule has 0 spiro atoms. The van der Waals surface area contributed by atoms with Gasteiger partial charge in [-0.15, -0.1) is 0 Å². The van der Waals surface area contributed by atoms with Gasteiger partial charge in [0.2, 0.25) is 0 Å². The molecule has 108 valence electrons. The summed E-state index contributed by atoms with van der Waals surface area (Å²) in [6, 6.07) is 3.08. The summed E-state index contributed by atoms with van der Waals surface area (Å²) < 4.78 is 32.9. The normalized spacial score (nSPS) is 11.2. The molecule has 6 nitrogen and oxygen atoms in total. The van der Waals surface area contributed by atoms with Crippen LogP contribution in [0.25, 0.3) is 16.7 Å². The number of fused-ring (bicyclic) bond motifs is 1. The van der Waals surface area contributed by atoms with E-state index < -0.39 is 17.2 Å². The van der Waals surface area contributed by atoms with Crippen molar-refractivity contribution in [2.45, 2.75) is 6.61 Å². The van der Waals surface area contributed by atoms with Crippen molar-refractivity contribution in [3.05, 3.63) is 52.2 Å². The highest BCUT2D eigenvalue weighted by Crippen LogP contribution is 2.18. The van der Waals surface area contributed by atoms with Crippen molar-refractivity contribution < 1.29 is 13.5 Å². The van der Waals surface area contributed by atoms with E-state index >= 15 is 0 Å². The molecule has 0 radical (unpaired) electrons. The summed E-state index contributed by atoms with van der Waals surface area (Å²) in [6.45, 7) is 0.0995. The third-order valence-corrected chi connectivity index (χ3v) is 2.91. The van der Waals surface area contributed by atoms with Gasteiger partial charge in [0, 0.05) is 13.2 Å². The molecule has 0 bridgehead atoms. The first kappa shape index (κ1) is 13.4. The summed E-state index contributed by atoms with van der Waals surface area (Å²) in [6.07, 6.45) is 1.28. The van der Waals surface area contributed by atoms with Crippen LogP contribution in [0.15, 0.2) is 29.2 Å². The number of ether oxygens (including phenoxy) is 1. The summed E-state index contributed by atoms with van der Waals surface area (Å²) in [5, 5.41) is 4.16. The van der Waals surface area contributed by atoms with Gasteiger partial charge in [-0.05, 0) is 12.1 Å². The Morgan fingerprint density at radius 3 is 2.90 bits per heavy atom. The highest BCUT2D eigenvalue weighted by atomic mass is 19.1. The number of aromatic amines is 1. The van der Waals surface area contributed by atoms with Crippen LogP contribution in [0.3, 0.4) is 0 Å². The van der Waals surface area contributed by atoms with Gasteiger partial charge in [-0.25, -0.2) is 18.4 Å². The van der Waals surface area contributed by atoms with E-state index in [9.17, 15) is 13.6 Å². The summed E-state index contributed by atoms with van der Waals surface area (Å²) in [7, 11) is 1.46. The Morgan fingerprint density at radius 1 is 1.38 bits per heavy atom. The molecule has 0 aliphatic rings. The van der Waals surface area contributed by atoms with Crippen LogP contribution in [0.5, 0.6) is 0 Å². The molecule has 0 atom stereocenters. The van der Waals surface area contributed by atoms with Crippen LogP contribution in [-0.4, -0.2) is 26.9 Å². The maximum atomic E-state index is 13.9. The minimum absolute atomic E-state index is 0.00728. The number of nitrogens with one attached hydrogen (secondary N) is 1. The van der Waals surface area contributed by atoms with Crippen molar-refractivity contribution >= 4 is 11.0 Å². The zero-order valence-corrected chi connectivity index (χ0v) is 10.9. The third kappa shape index (κ3) is 2.29. The fraction of sp³-hybridized carbons (Fsp3) is 0.154. The average Bonchev–Trinajstić information content (AvgIpc) is 2.83. The molecule has 0 unspecified atom stereocenters. The lowest BCUT2D eigenvalue weighted by atomic mass is 10.3. The van der Waals surface area contributed by atoms with Crippen molar-refractivity contribution in [2.24, 2.45) is 0 Å². The lowest BCUT2D eigenvalue weighted by molar-refractivity contribution is 0.178. The van der Waals surface area contributed by atoms with Gasteiger partial charge in [0.1, 0.15) is 29.3 Å². The molecule has 1 N–H and O–H groups in total. The first-order valence-electron chi connectivity index (χ1n) is 6.01. The van der Waals surface area contributed by atoms with Gasteiger partial charge in [0.15, 0.2) is 11.5 Å². The number of hydrogen-bond donors (Lipinski definition) is 1. The molecule has 0 saturated carbocycles. The van der Waals surface area contributed by atoms with Crippen molar-refractivity contribution in [2.75, 3.05) is 7.11 Å². The quantitative estimate of drug-likeness (QED) is 0.794. The fourth-order valence-electron chi connectivity index (χ4n) is 2.00. The Hall–Kier alpha value is -2.61. The molecule has 0 fully saturated rings. The van der Waals surface area contributed by atoms with Crippen LogP contribution >= 0.6 is 0 Å². The molecule has 2 heterocycles. The Bertz CT molecular complexity index is 872. The summed E-state index contributed by atoms with van der Waals surface area (Å²) in [4.78, 5) is 18.6. The average molecular weight is 292 g/mol. The monoisotopic (exact) mass is 292 g/mol. The van der Waals surface area contributed by atoms with E-state index in [1.807, 2.05) is 0 Å². The first-order chi connectivity index (χ1) is 10.1. The number of benzene rings is 1. The number of methoxy groups -OCH3 is 1. The molecular formula is C13H10F2N4O2.